The maximum absolute atomic E-state index is 15.8. The van der Waals surface area contributed by atoms with E-state index in [0.717, 1.165) is 34.4 Å². The molecule has 0 bridgehead atoms. The lowest BCUT2D eigenvalue weighted by molar-refractivity contribution is -0.148. The lowest BCUT2D eigenvalue weighted by Crippen LogP contribution is -2.47. The molecule has 19 heteroatoms. The van der Waals surface area contributed by atoms with Crippen molar-refractivity contribution in [3.63, 3.8) is 0 Å². The van der Waals surface area contributed by atoms with Gasteiger partial charge in [-0.1, -0.05) is 50.6 Å². The number of carbonyl (C=O) groups excluding carboxylic acids is 2. The van der Waals surface area contributed by atoms with Crippen LogP contribution in [0, 0.1) is 17.2 Å². The molecule has 4 aromatic rings. The van der Waals surface area contributed by atoms with Crippen molar-refractivity contribution in [2.45, 2.75) is 70.5 Å². The molecular weight excluding hydrogens is 737 g/mol. The van der Waals surface area contributed by atoms with Crippen molar-refractivity contribution >= 4 is 29.4 Å². The van der Waals surface area contributed by atoms with E-state index in [9.17, 15) is 35.9 Å². The molecule has 2 N–H and O–H groups in total. The highest BCUT2D eigenvalue weighted by Gasteiger charge is 2.58. The van der Waals surface area contributed by atoms with Gasteiger partial charge in [-0.2, -0.15) is 19.0 Å². The standard InChI is InChI=1S/C34H32ClF7N8O3/c1-32(2,3)15-33(19-5-6-21(23(36)9-19)18-12-45-48(13-18)30(39)40)29(52)49(31(43)47-33)25(14-53-26(51)10-20-11-34(20,41)42)17-4-7-22(35)24(8-17)50-28(27(37)38)44-16-46-50/h4-9,12-13,16,20,25,27,30H,10-11,14-15H2,1-3H3,(H2,43,47)/t20-,25+,33+/m0/s1. The Morgan fingerprint density at radius 1 is 1.11 bits per heavy atom. The van der Waals surface area contributed by atoms with Crippen LogP contribution in [0.5, 0.6) is 0 Å². The van der Waals surface area contributed by atoms with Crippen molar-refractivity contribution in [2.24, 2.45) is 22.1 Å². The first-order chi connectivity index (χ1) is 24.8. The molecule has 0 unspecified atom stereocenters. The Kier molecular flexibility index (Phi) is 9.80. The summed E-state index contributed by atoms with van der Waals surface area (Å²) in [7, 11) is 0. The summed E-state index contributed by atoms with van der Waals surface area (Å²) in [4.78, 5) is 36.8. The summed E-state index contributed by atoms with van der Waals surface area (Å²) in [6.07, 6.45) is -1.26. The molecule has 11 nitrogen and oxygen atoms in total. The summed E-state index contributed by atoms with van der Waals surface area (Å²) in [5.74, 6) is -8.00. The third-order valence-electron chi connectivity index (χ3n) is 8.91. The van der Waals surface area contributed by atoms with Gasteiger partial charge >= 0.3 is 12.5 Å². The molecule has 1 saturated carbocycles. The lowest BCUT2D eigenvalue weighted by Gasteiger charge is -2.35. The average Bonchev–Trinajstić information content (AvgIpc) is 3.52. The molecule has 0 spiro atoms. The minimum atomic E-state index is -3.05. The van der Waals surface area contributed by atoms with E-state index in [1.807, 2.05) is 0 Å². The van der Waals surface area contributed by atoms with Crippen molar-refractivity contribution in [1.29, 1.82) is 0 Å². The fourth-order valence-corrected chi connectivity index (χ4v) is 6.59. The smallest absolute Gasteiger partial charge is 0.333 e. The van der Waals surface area contributed by atoms with Crippen LogP contribution < -0.4 is 5.73 Å². The van der Waals surface area contributed by atoms with E-state index in [2.05, 4.69) is 20.2 Å². The monoisotopic (exact) mass is 768 g/mol. The summed E-state index contributed by atoms with van der Waals surface area (Å²) in [6, 6.07) is 6.44. The molecule has 1 aliphatic heterocycles. The van der Waals surface area contributed by atoms with E-state index in [1.165, 1.54) is 30.3 Å². The highest BCUT2D eigenvalue weighted by molar-refractivity contribution is 6.32. The molecule has 2 aliphatic rings. The molecule has 0 saturated heterocycles. The predicted molar refractivity (Wildman–Crippen MR) is 176 cm³/mol. The number of amides is 1. The zero-order valence-corrected chi connectivity index (χ0v) is 29.0. The van der Waals surface area contributed by atoms with Gasteiger partial charge in [-0.05, 0) is 41.2 Å². The van der Waals surface area contributed by atoms with Gasteiger partial charge in [0, 0.05) is 29.7 Å². The zero-order valence-electron chi connectivity index (χ0n) is 28.3. The molecule has 1 amide bonds. The summed E-state index contributed by atoms with van der Waals surface area (Å²) in [5, 5.41) is 7.36. The third-order valence-corrected chi connectivity index (χ3v) is 9.22. The van der Waals surface area contributed by atoms with Gasteiger partial charge in [-0.15, -0.1) is 0 Å². The molecule has 0 radical (unpaired) electrons. The quantitative estimate of drug-likeness (QED) is 0.118. The van der Waals surface area contributed by atoms with Gasteiger partial charge in [0.25, 0.3) is 18.3 Å². The molecular formula is C34H32ClF7N8O3. The van der Waals surface area contributed by atoms with Crippen LogP contribution >= 0.6 is 11.6 Å². The maximum Gasteiger partial charge on any atom is 0.333 e. The number of guanidine groups is 1. The molecule has 1 fully saturated rings. The summed E-state index contributed by atoms with van der Waals surface area (Å²) >= 11 is 6.39. The largest absolute Gasteiger partial charge is 0.463 e. The molecule has 6 rings (SSSR count). The van der Waals surface area contributed by atoms with Gasteiger partial charge < -0.3 is 10.5 Å². The van der Waals surface area contributed by atoms with Crippen LogP contribution in [-0.2, 0) is 19.9 Å². The van der Waals surface area contributed by atoms with Gasteiger partial charge in [0.2, 0.25) is 0 Å². The zero-order chi connectivity index (χ0) is 38.6. The predicted octanol–water partition coefficient (Wildman–Crippen LogP) is 7.37. The minimum Gasteiger partial charge on any atom is -0.463 e. The fourth-order valence-electron chi connectivity index (χ4n) is 6.39. The van der Waals surface area contributed by atoms with Crippen molar-refractivity contribution in [2.75, 3.05) is 6.61 Å². The first-order valence-electron chi connectivity index (χ1n) is 16.1. The Hall–Kier alpha value is -5.00. The highest BCUT2D eigenvalue weighted by Crippen LogP contribution is 2.51. The van der Waals surface area contributed by atoms with Gasteiger partial charge in [0.1, 0.15) is 18.8 Å². The van der Waals surface area contributed by atoms with Crippen LogP contribution in [0.3, 0.4) is 0 Å². The number of hydrogen-bond acceptors (Lipinski definition) is 8. The Morgan fingerprint density at radius 3 is 2.43 bits per heavy atom. The van der Waals surface area contributed by atoms with Crippen LogP contribution in [0.1, 0.15) is 76.0 Å². The van der Waals surface area contributed by atoms with Crippen molar-refractivity contribution in [3.8, 4) is 16.8 Å². The maximum atomic E-state index is 15.8. The topological polar surface area (TPSA) is 134 Å². The van der Waals surface area contributed by atoms with Crippen molar-refractivity contribution < 1.29 is 45.1 Å². The van der Waals surface area contributed by atoms with Crippen LogP contribution in [0.25, 0.3) is 16.8 Å². The van der Waals surface area contributed by atoms with Crippen molar-refractivity contribution in [1.82, 2.24) is 29.4 Å². The van der Waals surface area contributed by atoms with Gasteiger partial charge in [-0.25, -0.2) is 41.3 Å². The van der Waals surface area contributed by atoms with Crippen LogP contribution in [0.15, 0.2) is 60.1 Å². The van der Waals surface area contributed by atoms with Crippen LogP contribution in [0.2, 0.25) is 5.02 Å². The number of esters is 1. The van der Waals surface area contributed by atoms with Gasteiger partial charge in [0.05, 0.1) is 29.4 Å². The summed E-state index contributed by atoms with van der Waals surface area (Å²) in [5.41, 5.74) is 4.02. The molecule has 2 aromatic heterocycles. The number of alkyl halides is 6. The van der Waals surface area contributed by atoms with Crippen LogP contribution in [-0.4, -0.2) is 59.8 Å². The minimum absolute atomic E-state index is 0.0377. The summed E-state index contributed by atoms with van der Waals surface area (Å²) < 4.78 is 104. The highest BCUT2D eigenvalue weighted by atomic mass is 35.5. The molecule has 3 heterocycles. The Morgan fingerprint density at radius 2 is 1.83 bits per heavy atom. The number of benzene rings is 2. The number of carbonyl (C=O) groups is 2. The Bertz CT molecular complexity index is 2080. The van der Waals surface area contributed by atoms with Crippen molar-refractivity contribution in [3.05, 3.63) is 82.9 Å². The number of aliphatic imine (C=N–C) groups is 1. The molecule has 1 aliphatic carbocycles. The first kappa shape index (κ1) is 37.7. The van der Waals surface area contributed by atoms with Gasteiger partial charge in [-0.3, -0.25) is 14.5 Å². The van der Waals surface area contributed by atoms with E-state index < -0.39 is 84.8 Å². The molecule has 282 valence electrons. The number of aromatic nitrogens is 5. The average molecular weight is 769 g/mol. The number of rotatable bonds is 12. The first-order valence-corrected chi connectivity index (χ1v) is 16.5. The number of halogens is 8. The van der Waals surface area contributed by atoms with Crippen LogP contribution in [0.4, 0.5) is 30.7 Å². The Labute approximate surface area is 302 Å². The Balaban J connectivity index is 1.42. The number of nitrogens with zero attached hydrogens (tertiary/aromatic N) is 7. The third kappa shape index (κ3) is 7.45. The molecule has 3 atom stereocenters. The summed E-state index contributed by atoms with van der Waals surface area (Å²) in [6.45, 7) is 1.80. The second-order valence-electron chi connectivity index (χ2n) is 14.0. The van der Waals surface area contributed by atoms with E-state index in [4.69, 9.17) is 22.1 Å². The SMILES string of the molecule is CC(C)(C)C[C@]1(c2ccc(-c3cnn(C(F)F)c3)c(F)c2)N=C(N)N([C@H](COC(=O)C[C@H]2CC2(F)F)c2ccc(Cl)c(-n3ncnc3C(F)F)c2)C1=O. The van der Waals surface area contributed by atoms with E-state index >= 15 is 4.39 Å². The number of ether oxygens (including phenoxy) is 1. The van der Waals surface area contributed by atoms with Gasteiger partial charge in [0.15, 0.2) is 17.3 Å². The normalized spacial score (nSPS) is 20.3. The second kappa shape index (κ2) is 13.8. The molecule has 2 aromatic carbocycles. The van der Waals surface area contributed by atoms with E-state index in [-0.39, 0.29) is 45.3 Å². The second-order valence-corrected chi connectivity index (χ2v) is 14.4. The number of nitrogens with two attached hydrogens (primary N) is 1. The fraction of sp³-hybridized carbons (Fsp3) is 0.412. The lowest BCUT2D eigenvalue weighted by atomic mass is 9.75. The van der Waals surface area contributed by atoms with E-state index in [1.54, 1.807) is 20.8 Å². The molecule has 53 heavy (non-hydrogen) atoms. The van der Waals surface area contributed by atoms with E-state index in [0.29, 0.717) is 4.68 Å². The number of hydrogen-bond donors (Lipinski definition) is 1.